The smallest absolute Gasteiger partial charge is 0.209 e. The van der Waals surface area contributed by atoms with Gasteiger partial charge in [0.05, 0.1) is 21.4 Å². The molecule has 0 aromatic heterocycles. The van der Waals surface area contributed by atoms with Gasteiger partial charge in [0.2, 0.25) is 6.41 Å². The highest BCUT2D eigenvalue weighted by molar-refractivity contribution is 5.54. The molecule has 0 radical (unpaired) electrons. The van der Waals surface area contributed by atoms with E-state index in [-0.39, 0.29) is 0 Å². The highest BCUT2D eigenvalue weighted by Gasteiger charge is 2.19. The van der Waals surface area contributed by atoms with Gasteiger partial charge in [-0.25, -0.2) is 0 Å². The number of allylic oxidation sites excluding steroid dienone is 4. The van der Waals surface area contributed by atoms with Gasteiger partial charge in [0.1, 0.15) is 0 Å². The average Bonchev–Trinajstić information content (AvgIpc) is 3.52. The van der Waals surface area contributed by atoms with Crippen molar-refractivity contribution in [1.29, 1.82) is 0 Å². The third kappa shape index (κ3) is 19.2. The minimum atomic E-state index is 0.500. The van der Waals surface area contributed by atoms with E-state index in [1.54, 1.807) is 26.2 Å². The molecule has 1 heterocycles. The molecule has 1 aliphatic rings. The van der Waals surface area contributed by atoms with Gasteiger partial charge in [-0.1, -0.05) is 80.8 Å². The van der Waals surface area contributed by atoms with Crippen LogP contribution in [0, 0.1) is 0 Å². The Balaban J connectivity index is 0. The summed E-state index contributed by atoms with van der Waals surface area (Å²) in [7, 11) is 5.52. The Labute approximate surface area is 245 Å². The molecule has 1 amide bonds. The van der Waals surface area contributed by atoms with Crippen molar-refractivity contribution in [1.82, 2.24) is 9.80 Å². The number of nitrogens with zero attached hydrogens (tertiary/aromatic N) is 2. The number of alkyl halides is 1. The molecule has 40 heavy (non-hydrogen) atoms. The molecule has 0 aliphatic carbocycles. The Morgan fingerprint density at radius 1 is 0.950 bits per heavy atom. The number of likely N-dealkylation sites (tertiary alicyclic amines) is 1. The molecular weight excluding hydrogens is 503 g/mol. The van der Waals surface area contributed by atoms with Gasteiger partial charge < -0.3 is 19.3 Å². The van der Waals surface area contributed by atoms with Crippen LogP contribution in [0.25, 0.3) is 6.08 Å². The van der Waals surface area contributed by atoms with E-state index in [0.29, 0.717) is 13.7 Å². The molecule has 1 aromatic carbocycles. The number of ether oxygens (including phenoxy) is 2. The predicted molar refractivity (Wildman–Crippen MR) is 171 cm³/mol. The van der Waals surface area contributed by atoms with E-state index in [9.17, 15) is 9.18 Å². The van der Waals surface area contributed by atoms with Crippen molar-refractivity contribution in [2.75, 3.05) is 48.1 Å². The zero-order valence-corrected chi connectivity index (χ0v) is 26.8. The summed E-state index contributed by atoms with van der Waals surface area (Å²) < 4.78 is 19.7. The lowest BCUT2D eigenvalue weighted by atomic mass is 10.1. The van der Waals surface area contributed by atoms with Gasteiger partial charge in [-0.3, -0.25) is 9.18 Å². The molecule has 1 fully saturated rings. The molecule has 1 aliphatic heterocycles. The lowest BCUT2D eigenvalue weighted by Gasteiger charge is -2.26. The number of carbonyl (C=O) groups is 1. The second-order valence-corrected chi connectivity index (χ2v) is 9.53. The van der Waals surface area contributed by atoms with Crippen LogP contribution in [0.1, 0.15) is 78.7 Å². The fourth-order valence-corrected chi connectivity index (χ4v) is 4.40. The maximum Gasteiger partial charge on any atom is 0.209 e. The number of hydrogen-bond donors (Lipinski definition) is 0. The second-order valence-electron chi connectivity index (χ2n) is 9.53. The molecule has 0 atom stereocenters. The second kappa shape index (κ2) is 27.7. The summed E-state index contributed by atoms with van der Waals surface area (Å²) in [6.07, 6.45) is 18.8. The Morgan fingerprint density at radius 3 is 1.80 bits per heavy atom. The lowest BCUT2D eigenvalue weighted by Crippen LogP contribution is -2.32. The zero-order valence-electron chi connectivity index (χ0n) is 26.8. The van der Waals surface area contributed by atoms with Gasteiger partial charge >= 0.3 is 0 Å². The number of halogens is 1. The topological polar surface area (TPSA) is 42.0 Å². The Morgan fingerprint density at radius 2 is 1.43 bits per heavy atom. The molecule has 5 nitrogen and oxygen atoms in total. The van der Waals surface area contributed by atoms with Gasteiger partial charge in [-0.05, 0) is 77.3 Å². The van der Waals surface area contributed by atoms with Gasteiger partial charge in [0, 0.05) is 19.6 Å². The van der Waals surface area contributed by atoms with E-state index in [4.69, 9.17) is 9.47 Å². The number of amides is 1. The van der Waals surface area contributed by atoms with Crippen molar-refractivity contribution in [2.24, 2.45) is 0 Å². The Kier molecular flexibility index (Phi) is 27.2. The third-order valence-corrected chi connectivity index (χ3v) is 6.11. The highest BCUT2D eigenvalue weighted by atomic mass is 19.1. The fraction of sp³-hybridized carbons (Fsp3) is 0.559. The lowest BCUT2D eigenvalue weighted by molar-refractivity contribution is -0.116. The summed E-state index contributed by atoms with van der Waals surface area (Å²) in [6, 6.07) is 11.0. The predicted octanol–water partition coefficient (Wildman–Crippen LogP) is 8.46. The summed E-state index contributed by atoms with van der Waals surface area (Å²) in [5, 5.41) is 0. The van der Waals surface area contributed by atoms with E-state index in [2.05, 4.69) is 24.8 Å². The first-order valence-corrected chi connectivity index (χ1v) is 14.5. The molecule has 0 bridgehead atoms. The van der Waals surface area contributed by atoms with Crippen molar-refractivity contribution in [3.63, 3.8) is 0 Å². The first-order valence-electron chi connectivity index (χ1n) is 14.5. The summed E-state index contributed by atoms with van der Waals surface area (Å²) >= 11 is 0. The Hall–Kier alpha value is -2.86. The summed E-state index contributed by atoms with van der Waals surface area (Å²) in [6.45, 7) is 13.9. The van der Waals surface area contributed by atoms with Gasteiger partial charge in [0.25, 0.3) is 0 Å². The molecule has 0 saturated carbocycles. The summed E-state index contributed by atoms with van der Waals surface area (Å²) in [5.74, 6) is 1.47. The average molecular weight is 561 g/mol. The van der Waals surface area contributed by atoms with Gasteiger partial charge in [-0.2, -0.15) is 0 Å². The number of rotatable bonds is 13. The van der Waals surface area contributed by atoms with Crippen LogP contribution in [-0.4, -0.2) is 70.3 Å². The van der Waals surface area contributed by atoms with Gasteiger partial charge in [-0.15, -0.1) is 0 Å². The largest absolute Gasteiger partial charge is 0.493 e. The quantitative estimate of drug-likeness (QED) is 0.138. The third-order valence-electron chi connectivity index (χ3n) is 6.11. The fourth-order valence-electron chi connectivity index (χ4n) is 4.40. The van der Waals surface area contributed by atoms with Crippen molar-refractivity contribution in [2.45, 2.75) is 79.2 Å². The van der Waals surface area contributed by atoms with Crippen LogP contribution >= 0.6 is 0 Å². The molecule has 0 unspecified atom stereocenters. The van der Waals surface area contributed by atoms with E-state index < -0.39 is 0 Å². The van der Waals surface area contributed by atoms with Crippen LogP contribution in [0.4, 0.5) is 4.39 Å². The SMILES string of the molecule is C/C(=C\c1ccccc1)CN(C)C=O.CCCC(CCC)N1CCCC1.CF.C\C=C/C(OC)=C(\C=C\C)OC. The van der Waals surface area contributed by atoms with Crippen molar-refractivity contribution in [3.8, 4) is 0 Å². The number of methoxy groups -OCH3 is 2. The molecule has 228 valence electrons. The number of hydrogen-bond acceptors (Lipinski definition) is 4. The summed E-state index contributed by atoms with van der Waals surface area (Å²) in [4.78, 5) is 14.7. The maximum atomic E-state index is 10.4. The molecule has 1 aromatic rings. The van der Waals surface area contributed by atoms with Crippen LogP contribution in [0.15, 0.2) is 71.7 Å². The van der Waals surface area contributed by atoms with Crippen LogP contribution in [0.5, 0.6) is 0 Å². The van der Waals surface area contributed by atoms with Crippen LogP contribution < -0.4 is 0 Å². The van der Waals surface area contributed by atoms with E-state index in [0.717, 1.165) is 24.0 Å². The number of likely N-dealkylation sites (N-methyl/N-ethyl adjacent to an activating group) is 1. The van der Waals surface area contributed by atoms with Crippen LogP contribution in [0.2, 0.25) is 0 Å². The summed E-state index contributed by atoms with van der Waals surface area (Å²) in [5.41, 5.74) is 2.34. The molecule has 0 spiro atoms. The highest BCUT2D eigenvalue weighted by Crippen LogP contribution is 2.18. The monoisotopic (exact) mass is 560 g/mol. The number of carbonyl (C=O) groups excluding carboxylic acids is 1. The molecule has 1 saturated heterocycles. The maximum absolute atomic E-state index is 10.4. The molecular formula is C34H57FN2O3. The minimum absolute atomic E-state index is 0.500. The minimum Gasteiger partial charge on any atom is -0.493 e. The van der Waals surface area contributed by atoms with Crippen molar-refractivity contribution in [3.05, 3.63) is 77.3 Å². The standard InChI is InChI=1S/C12H15NO.C11H23N.C10H16O2.CH3F/c1-11(9-13(2)10-14)8-12-6-4-3-5-7-12;1-3-7-11(8-4-2)12-9-5-6-10-12;1-5-7-9(11-3)10(12-4)8-6-2;1-2/h3-8,10H,9H2,1-2H3;11H,3-10H2,1-2H3;5-8H,1-4H3;1H3/b11-8+;;7-5-,8-6+,10-9-;. The Bertz CT molecular complexity index is 816. The van der Waals surface area contributed by atoms with E-state index >= 15 is 0 Å². The van der Waals surface area contributed by atoms with Gasteiger partial charge in [0.15, 0.2) is 11.5 Å². The molecule has 0 N–H and O–H groups in total. The first kappa shape index (κ1) is 39.3. The molecule has 2 rings (SSSR count). The van der Waals surface area contributed by atoms with E-state index in [1.807, 2.05) is 75.4 Å². The van der Waals surface area contributed by atoms with Crippen LogP contribution in [-0.2, 0) is 14.3 Å². The van der Waals surface area contributed by atoms with E-state index in [1.165, 1.54) is 62.8 Å². The number of benzene rings is 1. The molecule has 6 heteroatoms. The van der Waals surface area contributed by atoms with Crippen molar-refractivity contribution < 1.29 is 18.7 Å². The zero-order chi connectivity index (χ0) is 30.6. The van der Waals surface area contributed by atoms with Crippen LogP contribution in [0.3, 0.4) is 0 Å². The van der Waals surface area contributed by atoms with Crippen molar-refractivity contribution >= 4 is 12.5 Å². The normalized spacial score (nSPS) is 13.9. The first-order chi connectivity index (χ1) is 19.4.